The molecule has 3 rings (SSSR count). The Kier molecular flexibility index (Phi) is 2.83. The van der Waals surface area contributed by atoms with Crippen LogP contribution in [0, 0.1) is 0 Å². The predicted octanol–water partition coefficient (Wildman–Crippen LogP) is 3.77. The van der Waals surface area contributed by atoms with Gasteiger partial charge in [-0.05, 0) is 30.3 Å². The monoisotopic (exact) mass is 263 g/mol. The van der Waals surface area contributed by atoms with Crippen molar-refractivity contribution in [3.8, 4) is 11.5 Å². The molecule has 2 aromatic rings. The molecule has 2 aromatic carbocycles. The minimum atomic E-state index is 0.368. The Hall–Kier alpha value is -1.75. The van der Waals surface area contributed by atoms with E-state index in [1.54, 1.807) is 30.3 Å². The second kappa shape index (κ2) is 4.49. The summed E-state index contributed by atoms with van der Waals surface area (Å²) in [6.07, 6.45) is 0. The van der Waals surface area contributed by atoms with Crippen molar-refractivity contribution < 1.29 is 14.8 Å². The number of ether oxygens (including phenoxy) is 1. The third-order valence-electron chi connectivity index (χ3n) is 2.65. The van der Waals surface area contributed by atoms with Gasteiger partial charge >= 0.3 is 0 Å². The fraction of sp³-hybridized carbons (Fsp3) is 0.0769. The van der Waals surface area contributed by atoms with Crippen LogP contribution in [0.15, 0.2) is 42.5 Å². The lowest BCUT2D eigenvalue weighted by Gasteiger charge is -2.10. The molecule has 0 amide bonds. The molecule has 0 aromatic heterocycles. The number of halogens is 1. The van der Waals surface area contributed by atoms with E-state index in [1.807, 2.05) is 12.1 Å². The van der Waals surface area contributed by atoms with Crippen molar-refractivity contribution >= 4 is 17.3 Å². The minimum absolute atomic E-state index is 0.368. The second-order valence-electron chi connectivity index (χ2n) is 3.89. The maximum absolute atomic E-state index is 9.45. The van der Waals surface area contributed by atoms with Crippen molar-refractivity contribution in [3.63, 3.8) is 0 Å². The number of fused-ring (bicyclic) bond motifs is 1. The van der Waals surface area contributed by atoms with E-state index in [2.05, 4.69) is 0 Å². The molecule has 0 saturated carbocycles. The molecular weight excluding hydrogens is 254 g/mol. The molecule has 0 saturated heterocycles. The van der Waals surface area contributed by atoms with E-state index in [4.69, 9.17) is 21.2 Å². The zero-order valence-electron chi connectivity index (χ0n) is 9.34. The van der Waals surface area contributed by atoms with E-state index in [-0.39, 0.29) is 0 Å². The average molecular weight is 264 g/mol. The molecule has 1 heterocycles. The highest BCUT2D eigenvalue weighted by atomic mass is 35.5. The van der Waals surface area contributed by atoms with Gasteiger partial charge in [-0.15, -0.1) is 5.23 Å². The lowest BCUT2D eigenvalue weighted by Crippen LogP contribution is -2.10. The quantitative estimate of drug-likeness (QED) is 0.895. The number of rotatable bonds is 2. The lowest BCUT2D eigenvalue weighted by atomic mass is 10.2. The van der Waals surface area contributed by atoms with Crippen LogP contribution in [-0.2, 0) is 11.4 Å². The first-order valence-corrected chi connectivity index (χ1v) is 5.78. The molecule has 0 aliphatic carbocycles. The first kappa shape index (κ1) is 11.3. The fourth-order valence-corrected chi connectivity index (χ4v) is 1.87. The molecule has 4 nitrogen and oxygen atoms in total. The number of anilines is 1. The van der Waals surface area contributed by atoms with E-state index in [0.717, 1.165) is 10.8 Å². The van der Waals surface area contributed by atoms with Crippen molar-refractivity contribution in [1.29, 1.82) is 0 Å². The lowest BCUT2D eigenvalue weighted by molar-refractivity contribution is -0.0329. The fourth-order valence-electron chi connectivity index (χ4n) is 1.75. The van der Waals surface area contributed by atoms with E-state index >= 15 is 0 Å². The van der Waals surface area contributed by atoms with Gasteiger partial charge < -0.3 is 4.74 Å². The summed E-state index contributed by atoms with van der Waals surface area (Å²) in [5, 5.41) is 10.9. The molecule has 18 heavy (non-hydrogen) atoms. The predicted molar refractivity (Wildman–Crippen MR) is 67.0 cm³/mol. The summed E-state index contributed by atoms with van der Waals surface area (Å²) in [6.45, 7) is 0.368. The molecule has 0 spiro atoms. The smallest absolute Gasteiger partial charge is 0.129 e. The summed E-state index contributed by atoms with van der Waals surface area (Å²) in [6, 6.07) is 12.5. The molecule has 1 N–H and O–H groups in total. The second-order valence-corrected chi connectivity index (χ2v) is 4.33. The van der Waals surface area contributed by atoms with Crippen molar-refractivity contribution in [2.45, 2.75) is 6.61 Å². The number of nitrogens with zero attached hydrogens (tertiary/aromatic N) is 1. The Morgan fingerprint density at radius 2 is 1.83 bits per heavy atom. The van der Waals surface area contributed by atoms with Gasteiger partial charge in [0.2, 0.25) is 0 Å². The molecule has 0 atom stereocenters. The van der Waals surface area contributed by atoms with Crippen LogP contribution in [0.25, 0.3) is 0 Å². The molecule has 92 valence electrons. The van der Waals surface area contributed by atoms with Gasteiger partial charge in [0.15, 0.2) is 0 Å². The van der Waals surface area contributed by atoms with Crippen LogP contribution in [0.5, 0.6) is 11.5 Å². The third kappa shape index (κ3) is 2.13. The average Bonchev–Trinajstić information content (AvgIpc) is 2.74. The molecule has 1 aliphatic heterocycles. The van der Waals surface area contributed by atoms with Gasteiger partial charge in [-0.2, -0.15) is 0 Å². The topological polar surface area (TPSA) is 41.9 Å². The summed E-state index contributed by atoms with van der Waals surface area (Å²) in [5.74, 6) is 1.31. The highest BCUT2D eigenvalue weighted by molar-refractivity contribution is 6.30. The van der Waals surface area contributed by atoms with Crippen LogP contribution in [-0.4, -0.2) is 5.21 Å². The number of hydrogen-bond acceptors (Lipinski definition) is 4. The summed E-state index contributed by atoms with van der Waals surface area (Å²) in [7, 11) is 0. The van der Waals surface area contributed by atoms with E-state index in [9.17, 15) is 5.21 Å². The van der Waals surface area contributed by atoms with E-state index < -0.39 is 0 Å². The zero-order valence-corrected chi connectivity index (χ0v) is 10.1. The standard InChI is InChI=1S/C13H10ClNO3/c14-10-2-5-11(6-3-10)18-12-4-1-9-8-17-15(16)13(9)7-12/h1-7,16H,8H2. The van der Waals surface area contributed by atoms with Crippen molar-refractivity contribution in [2.24, 2.45) is 0 Å². The Morgan fingerprint density at radius 3 is 2.61 bits per heavy atom. The van der Waals surface area contributed by atoms with Gasteiger partial charge in [-0.25, -0.2) is 4.84 Å². The third-order valence-corrected chi connectivity index (χ3v) is 2.91. The van der Waals surface area contributed by atoms with Crippen molar-refractivity contribution in [2.75, 3.05) is 5.23 Å². The van der Waals surface area contributed by atoms with Gasteiger partial charge in [0.1, 0.15) is 23.8 Å². The molecule has 0 unspecified atom stereocenters. The Balaban J connectivity index is 1.85. The minimum Gasteiger partial charge on any atom is -0.457 e. The van der Waals surface area contributed by atoms with Crippen LogP contribution in [0.2, 0.25) is 5.02 Å². The van der Waals surface area contributed by atoms with Crippen LogP contribution < -0.4 is 9.96 Å². The van der Waals surface area contributed by atoms with Crippen LogP contribution in [0.3, 0.4) is 0 Å². The normalized spacial score (nSPS) is 13.6. The number of benzene rings is 2. The summed E-state index contributed by atoms with van der Waals surface area (Å²) in [5.41, 5.74) is 1.52. The molecule has 1 aliphatic rings. The summed E-state index contributed by atoms with van der Waals surface area (Å²) < 4.78 is 5.65. The maximum Gasteiger partial charge on any atom is 0.129 e. The van der Waals surface area contributed by atoms with Gasteiger partial charge in [0.05, 0.1) is 0 Å². The Labute approximate surface area is 109 Å². The molecule has 0 bridgehead atoms. The first-order chi connectivity index (χ1) is 8.72. The van der Waals surface area contributed by atoms with Gasteiger partial charge in [-0.3, -0.25) is 5.21 Å². The largest absolute Gasteiger partial charge is 0.457 e. The highest BCUT2D eigenvalue weighted by Crippen LogP contribution is 2.33. The van der Waals surface area contributed by atoms with Crippen LogP contribution in [0.1, 0.15) is 5.56 Å². The van der Waals surface area contributed by atoms with E-state index in [1.165, 1.54) is 0 Å². The van der Waals surface area contributed by atoms with Crippen molar-refractivity contribution in [3.05, 3.63) is 53.1 Å². The van der Waals surface area contributed by atoms with Gasteiger partial charge in [0, 0.05) is 16.7 Å². The number of hydrogen-bond donors (Lipinski definition) is 1. The molecular formula is C13H10ClNO3. The zero-order chi connectivity index (χ0) is 12.5. The van der Waals surface area contributed by atoms with E-state index in [0.29, 0.717) is 28.8 Å². The first-order valence-electron chi connectivity index (χ1n) is 5.41. The van der Waals surface area contributed by atoms with Crippen LogP contribution >= 0.6 is 11.6 Å². The molecule has 0 radical (unpaired) electrons. The molecule has 0 fully saturated rings. The van der Waals surface area contributed by atoms with Crippen LogP contribution in [0.4, 0.5) is 5.69 Å². The Morgan fingerprint density at radius 1 is 1.11 bits per heavy atom. The van der Waals surface area contributed by atoms with Crippen molar-refractivity contribution in [1.82, 2.24) is 0 Å². The maximum atomic E-state index is 9.45. The van der Waals surface area contributed by atoms with Gasteiger partial charge in [-0.1, -0.05) is 17.7 Å². The molecule has 5 heteroatoms. The Bertz CT molecular complexity index is 571. The summed E-state index contributed by atoms with van der Waals surface area (Å²) in [4.78, 5) is 4.96. The SMILES string of the molecule is ON1OCc2ccc(Oc3ccc(Cl)cc3)cc21. The van der Waals surface area contributed by atoms with Gasteiger partial charge in [0.25, 0.3) is 0 Å². The highest BCUT2D eigenvalue weighted by Gasteiger charge is 2.19. The summed E-state index contributed by atoms with van der Waals surface area (Å²) >= 11 is 5.80.